The monoisotopic (exact) mass is 330 g/mol. The van der Waals surface area contributed by atoms with Crippen LogP contribution >= 0.6 is 0 Å². The Morgan fingerprint density at radius 2 is 1.96 bits per heavy atom. The Morgan fingerprint density at radius 1 is 1.16 bits per heavy atom. The second-order valence-corrected chi connectivity index (χ2v) is 5.63. The fraction of sp³-hybridized carbons (Fsp3) is 0.100. The molecular formula is C20H18N4O. The summed E-state index contributed by atoms with van der Waals surface area (Å²) in [4.78, 5) is 21.5. The normalized spacial score (nSPS) is 9.84. The molecule has 5 heteroatoms. The summed E-state index contributed by atoms with van der Waals surface area (Å²) in [7, 11) is 3.85. The molecule has 0 aliphatic carbocycles. The van der Waals surface area contributed by atoms with E-state index in [-0.39, 0.29) is 5.91 Å². The molecule has 5 nitrogen and oxygen atoms in total. The molecule has 2 N–H and O–H groups in total. The summed E-state index contributed by atoms with van der Waals surface area (Å²) in [6, 6.07) is 15.2. The molecule has 0 aliphatic heterocycles. The van der Waals surface area contributed by atoms with Gasteiger partial charge in [0.1, 0.15) is 5.82 Å². The number of nitrogens with zero attached hydrogens (tertiary/aromatic N) is 2. The summed E-state index contributed by atoms with van der Waals surface area (Å²) in [5.41, 5.74) is 3.27. The number of anilines is 2. The minimum Gasteiger partial charge on any atom is -0.376 e. The van der Waals surface area contributed by atoms with Gasteiger partial charge < -0.3 is 15.2 Å². The van der Waals surface area contributed by atoms with Gasteiger partial charge in [-0.05, 0) is 30.3 Å². The van der Waals surface area contributed by atoms with E-state index in [4.69, 9.17) is 0 Å². The van der Waals surface area contributed by atoms with E-state index in [0.717, 1.165) is 22.6 Å². The zero-order valence-electron chi connectivity index (χ0n) is 14.1. The third kappa shape index (κ3) is 4.06. The number of hydrogen-bond acceptors (Lipinski definition) is 3. The number of aromatic amines is 1. The number of rotatable bonds is 3. The standard InChI is InChI=1S/C20H18N4O/c1-24(2)18-10-9-16(20-21-12-13-22-20)14-17(18)23-19(25)11-8-15-6-4-3-5-7-15/h3-7,9-10,12-14H,1-2H3,(H,21,22)(H,23,25). The molecule has 1 amide bonds. The number of amides is 1. The molecular weight excluding hydrogens is 312 g/mol. The minimum atomic E-state index is -0.358. The molecule has 1 heterocycles. The third-order valence-corrected chi connectivity index (χ3v) is 3.59. The van der Waals surface area contributed by atoms with Gasteiger partial charge in [0.25, 0.3) is 0 Å². The summed E-state index contributed by atoms with van der Waals surface area (Å²) >= 11 is 0. The van der Waals surface area contributed by atoms with Gasteiger partial charge in [0, 0.05) is 43.5 Å². The van der Waals surface area contributed by atoms with Crippen LogP contribution in [0.25, 0.3) is 11.4 Å². The number of H-pyrrole nitrogens is 1. The summed E-state index contributed by atoms with van der Waals surface area (Å²) in [5, 5.41) is 2.87. The highest BCUT2D eigenvalue weighted by Crippen LogP contribution is 2.29. The maximum Gasteiger partial charge on any atom is 0.300 e. The largest absolute Gasteiger partial charge is 0.376 e. The SMILES string of the molecule is CN(C)c1ccc(-c2ncc[nH]2)cc1NC(=O)C#Cc1ccccc1. The Balaban J connectivity index is 1.86. The van der Waals surface area contributed by atoms with E-state index in [0.29, 0.717) is 5.69 Å². The number of aromatic nitrogens is 2. The number of carbonyl (C=O) groups excluding carboxylic acids is 1. The first kappa shape index (κ1) is 16.3. The first-order valence-electron chi connectivity index (χ1n) is 7.82. The molecule has 0 fully saturated rings. The molecule has 0 atom stereocenters. The van der Waals surface area contributed by atoms with Crippen molar-refractivity contribution in [3.05, 3.63) is 66.5 Å². The minimum absolute atomic E-state index is 0.358. The number of carbonyl (C=O) groups is 1. The molecule has 0 radical (unpaired) electrons. The van der Waals surface area contributed by atoms with E-state index in [2.05, 4.69) is 27.1 Å². The molecule has 0 spiro atoms. The van der Waals surface area contributed by atoms with Crippen LogP contribution in [0.2, 0.25) is 0 Å². The molecule has 0 saturated heterocycles. The first-order chi connectivity index (χ1) is 12.1. The van der Waals surface area contributed by atoms with E-state index in [1.165, 1.54) is 0 Å². The van der Waals surface area contributed by atoms with Crippen LogP contribution in [-0.2, 0) is 4.79 Å². The molecule has 124 valence electrons. The molecule has 0 bridgehead atoms. The molecule has 1 aromatic heterocycles. The molecule has 3 rings (SSSR count). The van der Waals surface area contributed by atoms with Gasteiger partial charge in [0.15, 0.2) is 0 Å². The molecule has 0 aliphatic rings. The average molecular weight is 330 g/mol. The predicted octanol–water partition coefficient (Wildman–Crippen LogP) is 3.13. The maximum atomic E-state index is 12.2. The second kappa shape index (κ2) is 7.37. The zero-order valence-corrected chi connectivity index (χ0v) is 14.1. The lowest BCUT2D eigenvalue weighted by Crippen LogP contribution is -2.15. The predicted molar refractivity (Wildman–Crippen MR) is 100 cm³/mol. The zero-order chi connectivity index (χ0) is 17.6. The van der Waals surface area contributed by atoms with Crippen LogP contribution in [0.1, 0.15) is 5.56 Å². The van der Waals surface area contributed by atoms with Crippen LogP contribution in [0, 0.1) is 11.8 Å². The third-order valence-electron chi connectivity index (χ3n) is 3.59. The van der Waals surface area contributed by atoms with Crippen LogP contribution in [0.15, 0.2) is 60.9 Å². The molecule has 25 heavy (non-hydrogen) atoms. The summed E-state index contributed by atoms with van der Waals surface area (Å²) in [5.74, 6) is 5.88. The lowest BCUT2D eigenvalue weighted by molar-refractivity contribution is -0.111. The molecule has 0 saturated carbocycles. The van der Waals surface area contributed by atoms with Gasteiger partial charge in [-0.15, -0.1) is 0 Å². The van der Waals surface area contributed by atoms with E-state index in [1.54, 1.807) is 12.4 Å². The second-order valence-electron chi connectivity index (χ2n) is 5.63. The highest BCUT2D eigenvalue weighted by atomic mass is 16.1. The maximum absolute atomic E-state index is 12.2. The summed E-state index contributed by atoms with van der Waals surface area (Å²) in [6.07, 6.45) is 3.46. The fourth-order valence-electron chi connectivity index (χ4n) is 2.40. The van der Waals surface area contributed by atoms with Crippen LogP contribution in [0.5, 0.6) is 0 Å². The Kier molecular flexibility index (Phi) is 4.82. The van der Waals surface area contributed by atoms with Crippen molar-refractivity contribution in [3.8, 4) is 23.2 Å². The number of imidazole rings is 1. The highest BCUT2D eigenvalue weighted by molar-refractivity contribution is 6.06. The van der Waals surface area contributed by atoms with Crippen molar-refractivity contribution in [1.29, 1.82) is 0 Å². The smallest absolute Gasteiger partial charge is 0.300 e. The number of nitrogens with one attached hydrogen (secondary N) is 2. The number of hydrogen-bond donors (Lipinski definition) is 2. The van der Waals surface area contributed by atoms with Gasteiger partial charge in [-0.25, -0.2) is 4.98 Å². The molecule has 2 aromatic carbocycles. The van der Waals surface area contributed by atoms with Gasteiger partial charge in [-0.3, -0.25) is 4.79 Å². The summed E-state index contributed by atoms with van der Waals surface area (Å²) in [6.45, 7) is 0. The van der Waals surface area contributed by atoms with Crippen molar-refractivity contribution in [2.75, 3.05) is 24.3 Å². The van der Waals surface area contributed by atoms with Gasteiger partial charge in [-0.1, -0.05) is 24.1 Å². The van der Waals surface area contributed by atoms with Crippen molar-refractivity contribution < 1.29 is 4.79 Å². The Bertz CT molecular complexity index is 919. The topological polar surface area (TPSA) is 61.0 Å². The highest BCUT2D eigenvalue weighted by Gasteiger charge is 2.10. The van der Waals surface area contributed by atoms with Crippen molar-refractivity contribution in [1.82, 2.24) is 9.97 Å². The van der Waals surface area contributed by atoms with E-state index < -0.39 is 0 Å². The first-order valence-corrected chi connectivity index (χ1v) is 7.82. The summed E-state index contributed by atoms with van der Waals surface area (Å²) < 4.78 is 0. The Morgan fingerprint density at radius 3 is 2.64 bits per heavy atom. The van der Waals surface area contributed by atoms with Gasteiger partial charge in [0.2, 0.25) is 0 Å². The Hall–Kier alpha value is -3.52. The quantitative estimate of drug-likeness (QED) is 0.725. The molecule has 3 aromatic rings. The lowest BCUT2D eigenvalue weighted by Gasteiger charge is -2.18. The van der Waals surface area contributed by atoms with Crippen LogP contribution in [-0.4, -0.2) is 30.0 Å². The van der Waals surface area contributed by atoms with Gasteiger partial charge >= 0.3 is 5.91 Å². The van der Waals surface area contributed by atoms with E-state index in [9.17, 15) is 4.79 Å². The van der Waals surface area contributed by atoms with Crippen LogP contribution < -0.4 is 10.2 Å². The van der Waals surface area contributed by atoms with Gasteiger partial charge in [-0.2, -0.15) is 0 Å². The van der Waals surface area contributed by atoms with Crippen LogP contribution in [0.4, 0.5) is 11.4 Å². The number of benzene rings is 2. The lowest BCUT2D eigenvalue weighted by atomic mass is 10.1. The van der Waals surface area contributed by atoms with Crippen molar-refractivity contribution in [3.63, 3.8) is 0 Å². The average Bonchev–Trinajstić information content (AvgIpc) is 3.15. The Labute approximate surface area is 146 Å². The van der Waals surface area contributed by atoms with Crippen LogP contribution in [0.3, 0.4) is 0 Å². The van der Waals surface area contributed by atoms with Crippen molar-refractivity contribution >= 4 is 17.3 Å². The van der Waals surface area contributed by atoms with E-state index >= 15 is 0 Å². The molecule has 0 unspecified atom stereocenters. The van der Waals surface area contributed by atoms with Crippen molar-refractivity contribution in [2.24, 2.45) is 0 Å². The van der Waals surface area contributed by atoms with Crippen molar-refractivity contribution in [2.45, 2.75) is 0 Å². The van der Waals surface area contributed by atoms with E-state index in [1.807, 2.05) is 67.5 Å². The van der Waals surface area contributed by atoms with Gasteiger partial charge in [0.05, 0.1) is 11.4 Å². The fourth-order valence-corrected chi connectivity index (χ4v) is 2.40.